The first-order valence-electron chi connectivity index (χ1n) is 8.06. The first-order valence-corrected chi connectivity index (χ1v) is 9.73. The van der Waals surface area contributed by atoms with Crippen molar-refractivity contribution in [2.75, 3.05) is 7.05 Å². The van der Waals surface area contributed by atoms with Crippen LogP contribution in [0.5, 0.6) is 0 Å². The maximum absolute atomic E-state index is 5.47. The van der Waals surface area contributed by atoms with Gasteiger partial charge in [-0.15, -0.1) is 11.3 Å². The molecule has 0 radical (unpaired) electrons. The van der Waals surface area contributed by atoms with Gasteiger partial charge in [0, 0.05) is 15.9 Å². The molecule has 0 N–H and O–H groups in total. The summed E-state index contributed by atoms with van der Waals surface area (Å²) in [5, 5.41) is 6.14. The molecule has 0 saturated heterocycles. The zero-order valence-corrected chi connectivity index (χ0v) is 15.8. The molecule has 0 unspecified atom stereocenters. The van der Waals surface area contributed by atoms with Gasteiger partial charge in [0.1, 0.15) is 0 Å². The number of hydrogen-bond acceptors (Lipinski definition) is 5. The summed E-state index contributed by atoms with van der Waals surface area (Å²) in [7, 11) is 2.14. The van der Waals surface area contributed by atoms with E-state index in [0.29, 0.717) is 24.3 Å². The molecule has 124 valence electrons. The Morgan fingerprint density at radius 2 is 2.25 bits per heavy atom. The Balaban J connectivity index is 1.51. The van der Waals surface area contributed by atoms with E-state index in [1.54, 1.807) is 11.3 Å². The van der Waals surface area contributed by atoms with Gasteiger partial charge in [0.05, 0.1) is 11.4 Å². The molecule has 0 fully saturated rings. The van der Waals surface area contributed by atoms with E-state index in [1.807, 2.05) is 11.4 Å². The average molecular weight is 404 g/mol. The predicted molar refractivity (Wildman–Crippen MR) is 98.9 cm³/mol. The third-order valence-electron chi connectivity index (χ3n) is 4.51. The highest BCUT2D eigenvalue weighted by Crippen LogP contribution is 2.34. The average Bonchev–Trinajstić information content (AvgIpc) is 3.23. The van der Waals surface area contributed by atoms with Crippen LogP contribution in [0.2, 0.25) is 0 Å². The fourth-order valence-corrected chi connectivity index (χ4v) is 4.71. The van der Waals surface area contributed by atoms with Crippen LogP contribution in [0.3, 0.4) is 0 Å². The summed E-state index contributed by atoms with van der Waals surface area (Å²) in [6.07, 6.45) is 3.58. The second kappa shape index (κ2) is 6.78. The van der Waals surface area contributed by atoms with Gasteiger partial charge in [-0.2, -0.15) is 4.98 Å². The lowest BCUT2D eigenvalue weighted by atomic mass is 9.87. The Morgan fingerprint density at radius 1 is 1.38 bits per heavy atom. The van der Waals surface area contributed by atoms with Gasteiger partial charge in [0.2, 0.25) is 11.7 Å². The molecule has 2 aromatic heterocycles. The summed E-state index contributed by atoms with van der Waals surface area (Å²) in [4.78, 5) is 7.89. The quantitative estimate of drug-likeness (QED) is 0.609. The highest BCUT2D eigenvalue weighted by atomic mass is 79.9. The number of aromatic nitrogens is 2. The molecule has 0 saturated carbocycles. The minimum Gasteiger partial charge on any atom is -0.338 e. The van der Waals surface area contributed by atoms with Crippen molar-refractivity contribution in [2.45, 2.75) is 31.8 Å². The molecule has 0 bridgehead atoms. The number of aryl methyl sites for hydroxylation is 1. The summed E-state index contributed by atoms with van der Waals surface area (Å²) < 4.78 is 6.51. The number of rotatable bonds is 4. The van der Waals surface area contributed by atoms with E-state index in [2.05, 4.69) is 62.3 Å². The second-order valence-electron chi connectivity index (χ2n) is 6.16. The van der Waals surface area contributed by atoms with Crippen LogP contribution in [0.1, 0.15) is 35.9 Å². The van der Waals surface area contributed by atoms with E-state index >= 15 is 0 Å². The van der Waals surface area contributed by atoms with Crippen LogP contribution in [0.15, 0.2) is 44.7 Å². The number of hydrogen-bond donors (Lipinski definition) is 0. The maximum atomic E-state index is 5.47. The molecule has 2 heterocycles. The van der Waals surface area contributed by atoms with Gasteiger partial charge in [-0.05, 0) is 59.4 Å². The van der Waals surface area contributed by atoms with Gasteiger partial charge < -0.3 is 4.52 Å². The standard InChI is InChI=1S/C18H18BrN3OS/c1-22(15-8-4-6-12-5-2-3-7-14(12)15)10-17-20-18(21-23-17)16-9-13(19)11-24-16/h2-3,5,7,9,11,15H,4,6,8,10H2,1H3/t15-/m0/s1. The largest absolute Gasteiger partial charge is 0.338 e. The number of nitrogens with zero attached hydrogens (tertiary/aromatic N) is 3. The summed E-state index contributed by atoms with van der Waals surface area (Å²) in [6, 6.07) is 11.2. The van der Waals surface area contributed by atoms with Crippen molar-refractivity contribution in [1.29, 1.82) is 0 Å². The van der Waals surface area contributed by atoms with Crippen LogP contribution in [-0.4, -0.2) is 22.1 Å². The van der Waals surface area contributed by atoms with Crippen LogP contribution in [-0.2, 0) is 13.0 Å². The highest BCUT2D eigenvalue weighted by molar-refractivity contribution is 9.10. The van der Waals surface area contributed by atoms with Crippen molar-refractivity contribution >= 4 is 27.3 Å². The van der Waals surface area contributed by atoms with Gasteiger partial charge in [0.15, 0.2) is 0 Å². The van der Waals surface area contributed by atoms with E-state index in [-0.39, 0.29) is 0 Å². The van der Waals surface area contributed by atoms with Crippen molar-refractivity contribution in [3.05, 3.63) is 57.2 Å². The van der Waals surface area contributed by atoms with E-state index in [9.17, 15) is 0 Å². The molecule has 0 spiro atoms. The summed E-state index contributed by atoms with van der Waals surface area (Å²) >= 11 is 5.07. The van der Waals surface area contributed by atoms with Crippen molar-refractivity contribution in [3.63, 3.8) is 0 Å². The van der Waals surface area contributed by atoms with E-state index in [0.717, 1.165) is 9.35 Å². The van der Waals surface area contributed by atoms with Crippen LogP contribution in [0.25, 0.3) is 10.7 Å². The Kier molecular flexibility index (Phi) is 4.52. The Bertz CT molecular complexity index is 844. The van der Waals surface area contributed by atoms with Gasteiger partial charge in [0.25, 0.3) is 0 Å². The van der Waals surface area contributed by atoms with E-state index in [4.69, 9.17) is 4.52 Å². The van der Waals surface area contributed by atoms with Gasteiger partial charge in [-0.3, -0.25) is 4.90 Å². The molecule has 1 aliphatic carbocycles. The smallest absolute Gasteiger partial charge is 0.241 e. The third kappa shape index (κ3) is 3.18. The molecule has 4 rings (SSSR count). The molecule has 24 heavy (non-hydrogen) atoms. The van der Waals surface area contributed by atoms with Crippen molar-refractivity contribution < 1.29 is 4.52 Å². The maximum Gasteiger partial charge on any atom is 0.241 e. The van der Waals surface area contributed by atoms with Gasteiger partial charge in [-0.1, -0.05) is 29.4 Å². The lowest BCUT2D eigenvalue weighted by Crippen LogP contribution is -2.27. The Labute approximate surface area is 153 Å². The van der Waals surface area contributed by atoms with E-state index in [1.165, 1.54) is 30.4 Å². The van der Waals surface area contributed by atoms with Gasteiger partial charge in [-0.25, -0.2) is 0 Å². The first-order chi connectivity index (χ1) is 11.7. The summed E-state index contributed by atoms with van der Waals surface area (Å²) in [5.41, 5.74) is 2.91. The van der Waals surface area contributed by atoms with Gasteiger partial charge >= 0.3 is 0 Å². The Hall–Kier alpha value is -1.50. The lowest BCUT2D eigenvalue weighted by molar-refractivity contribution is 0.187. The van der Waals surface area contributed by atoms with Crippen molar-refractivity contribution in [2.24, 2.45) is 0 Å². The van der Waals surface area contributed by atoms with Crippen LogP contribution in [0.4, 0.5) is 0 Å². The SMILES string of the molecule is CN(Cc1nc(-c2cc(Br)cs2)no1)[C@H]1CCCc2ccccc21. The number of fused-ring (bicyclic) bond motifs is 1. The molecule has 6 heteroatoms. The third-order valence-corrected chi connectivity index (χ3v) is 6.20. The number of thiophene rings is 1. The molecular weight excluding hydrogens is 386 g/mol. The zero-order chi connectivity index (χ0) is 16.5. The summed E-state index contributed by atoms with van der Waals surface area (Å²) in [5.74, 6) is 1.33. The molecule has 1 atom stereocenters. The van der Waals surface area contributed by atoms with E-state index < -0.39 is 0 Å². The zero-order valence-electron chi connectivity index (χ0n) is 13.4. The monoisotopic (exact) mass is 403 g/mol. The minimum atomic E-state index is 0.418. The highest BCUT2D eigenvalue weighted by Gasteiger charge is 2.24. The fourth-order valence-electron chi connectivity index (χ4n) is 3.36. The first kappa shape index (κ1) is 16.0. The van der Waals surface area contributed by atoms with Crippen molar-refractivity contribution in [3.8, 4) is 10.7 Å². The molecule has 4 nitrogen and oxygen atoms in total. The molecule has 1 aromatic carbocycles. The second-order valence-corrected chi connectivity index (χ2v) is 7.99. The summed E-state index contributed by atoms with van der Waals surface area (Å²) in [6.45, 7) is 0.665. The predicted octanol–water partition coefficient (Wildman–Crippen LogP) is 5.07. The minimum absolute atomic E-state index is 0.418. The fraction of sp³-hybridized carbons (Fsp3) is 0.333. The molecule has 3 aromatic rings. The van der Waals surface area contributed by atoms with Crippen LogP contribution < -0.4 is 0 Å². The Morgan fingerprint density at radius 3 is 3.08 bits per heavy atom. The topological polar surface area (TPSA) is 42.2 Å². The van der Waals surface area contributed by atoms with Crippen LogP contribution >= 0.6 is 27.3 Å². The molecule has 0 amide bonds. The lowest BCUT2D eigenvalue weighted by Gasteiger charge is -2.32. The number of benzene rings is 1. The molecular formula is C18H18BrN3OS. The number of halogens is 1. The normalized spacial score (nSPS) is 17.2. The van der Waals surface area contributed by atoms with Crippen molar-refractivity contribution in [1.82, 2.24) is 15.0 Å². The molecule has 0 aliphatic heterocycles. The van der Waals surface area contributed by atoms with Crippen LogP contribution in [0, 0.1) is 0 Å². The molecule has 1 aliphatic rings.